The molecule has 16 rings (SSSR count). The van der Waals surface area contributed by atoms with Crippen LogP contribution in [-0.2, 0) is 0 Å². The number of nitrogens with zero attached hydrogens (tertiary/aromatic N) is 2. The summed E-state index contributed by atoms with van der Waals surface area (Å²) in [6.45, 7) is 0. The largest absolute Gasteiger partial charge is 0.310 e. The fourth-order valence-corrected chi connectivity index (χ4v) is 16.6. The molecule has 356 valence electrons. The molecule has 0 bridgehead atoms. The van der Waals surface area contributed by atoms with E-state index in [1.165, 1.54) is 114 Å². The van der Waals surface area contributed by atoms with Gasteiger partial charge < -0.3 is 9.80 Å². The molecule has 2 nitrogen and oxygen atoms in total. The maximum atomic E-state index is 2.50. The van der Waals surface area contributed by atoms with Crippen LogP contribution in [0.5, 0.6) is 0 Å². The Kier molecular flexibility index (Phi) is 10.1. The minimum atomic E-state index is 1.13. The van der Waals surface area contributed by atoms with Gasteiger partial charge in [0.1, 0.15) is 0 Å². The summed E-state index contributed by atoms with van der Waals surface area (Å²) >= 11 is 7.58. The Bertz CT molecular complexity index is 4620. The van der Waals surface area contributed by atoms with E-state index in [0.29, 0.717) is 0 Å². The average molecular weight is 1040 g/mol. The van der Waals surface area contributed by atoms with E-state index in [-0.39, 0.29) is 0 Å². The van der Waals surface area contributed by atoms with Gasteiger partial charge in [-0.25, -0.2) is 0 Å². The first-order chi connectivity index (χ1) is 37.7. The maximum absolute atomic E-state index is 2.50. The fourth-order valence-electron chi connectivity index (χ4n) is 11.8. The van der Waals surface area contributed by atoms with Gasteiger partial charge in [-0.15, -0.1) is 45.3 Å². The lowest BCUT2D eigenvalue weighted by molar-refractivity contribution is 1.30. The number of hydrogen-bond acceptors (Lipinski definition) is 6. The Balaban J connectivity index is 0.928. The molecule has 0 spiro atoms. The highest BCUT2D eigenvalue weighted by molar-refractivity contribution is 7.28. The lowest BCUT2D eigenvalue weighted by atomic mass is 9.89. The predicted molar refractivity (Wildman–Crippen MR) is 336 cm³/mol. The van der Waals surface area contributed by atoms with E-state index in [1.54, 1.807) is 0 Å². The van der Waals surface area contributed by atoms with Crippen molar-refractivity contribution in [1.82, 2.24) is 0 Å². The van der Waals surface area contributed by atoms with E-state index in [9.17, 15) is 0 Å². The molecule has 0 fully saturated rings. The molecule has 4 heterocycles. The van der Waals surface area contributed by atoms with Gasteiger partial charge >= 0.3 is 0 Å². The Morgan fingerprint density at radius 1 is 0.211 bits per heavy atom. The van der Waals surface area contributed by atoms with Crippen molar-refractivity contribution in [1.29, 1.82) is 0 Å². The standard InChI is InChI=1S/C70H42N2S4/c1-5-17-43(18-6-1)57-41-59-55-35-31-49(71(45-21-9-3-10-22-45)47-29-33-53-51-25-13-15-27-61(51)73-63(53)37-47)39-65(55)76-70(59)68-58(44-19-7-2-8-20-44)42-60-56-36-32-50(40-66(56)75-69(60)67(57)68)72(46-23-11-4-12-24-46)48-30-34-54-52-26-14-16-28-62(52)74-64(54)38-48/h1-42H. The highest BCUT2D eigenvalue weighted by Gasteiger charge is 2.24. The predicted octanol–water partition coefficient (Wildman–Crippen LogP) is 22.6. The first-order valence-electron chi connectivity index (χ1n) is 25.6. The molecular weight excluding hydrogens is 997 g/mol. The Morgan fingerprint density at radius 2 is 0.513 bits per heavy atom. The Morgan fingerprint density at radius 3 is 0.895 bits per heavy atom. The van der Waals surface area contributed by atoms with Gasteiger partial charge in [-0.3, -0.25) is 0 Å². The quantitative estimate of drug-likeness (QED) is 0.150. The van der Waals surface area contributed by atoms with Crippen LogP contribution in [-0.4, -0.2) is 0 Å². The average Bonchev–Trinajstić information content (AvgIpc) is 4.38. The minimum absolute atomic E-state index is 1.13. The van der Waals surface area contributed by atoms with Crippen LogP contribution in [0.2, 0.25) is 0 Å². The van der Waals surface area contributed by atoms with Gasteiger partial charge in [0.15, 0.2) is 0 Å². The van der Waals surface area contributed by atoms with Crippen LogP contribution >= 0.6 is 45.3 Å². The molecule has 0 aliphatic rings. The van der Waals surface area contributed by atoms with Gasteiger partial charge in [0.05, 0.1) is 0 Å². The molecule has 0 amide bonds. The first-order valence-corrected chi connectivity index (χ1v) is 28.9. The number of para-hydroxylation sites is 2. The van der Waals surface area contributed by atoms with Crippen molar-refractivity contribution in [3.63, 3.8) is 0 Å². The van der Waals surface area contributed by atoms with Crippen LogP contribution in [0.3, 0.4) is 0 Å². The van der Waals surface area contributed by atoms with Crippen LogP contribution in [0.15, 0.2) is 255 Å². The van der Waals surface area contributed by atoms with Crippen molar-refractivity contribution in [3.8, 4) is 22.3 Å². The lowest BCUT2D eigenvalue weighted by Crippen LogP contribution is -2.09. The van der Waals surface area contributed by atoms with Crippen molar-refractivity contribution in [2.24, 2.45) is 0 Å². The lowest BCUT2D eigenvalue weighted by Gasteiger charge is -2.25. The van der Waals surface area contributed by atoms with Crippen LogP contribution < -0.4 is 9.80 Å². The van der Waals surface area contributed by atoms with Gasteiger partial charge in [-0.2, -0.15) is 0 Å². The molecule has 0 aliphatic heterocycles. The molecule has 0 radical (unpaired) electrons. The van der Waals surface area contributed by atoms with E-state index < -0.39 is 0 Å². The Labute approximate surface area is 454 Å². The van der Waals surface area contributed by atoms with E-state index >= 15 is 0 Å². The number of rotatable bonds is 8. The van der Waals surface area contributed by atoms with Gasteiger partial charge in [0.25, 0.3) is 0 Å². The summed E-state index contributed by atoms with van der Waals surface area (Å²) in [6, 6.07) is 94.5. The summed E-state index contributed by atoms with van der Waals surface area (Å²) in [5, 5.41) is 12.9. The van der Waals surface area contributed by atoms with Crippen molar-refractivity contribution in [2.45, 2.75) is 0 Å². The van der Waals surface area contributed by atoms with E-state index in [4.69, 9.17) is 0 Å². The van der Waals surface area contributed by atoms with Gasteiger partial charge in [0.2, 0.25) is 0 Å². The van der Waals surface area contributed by atoms with Crippen molar-refractivity contribution in [3.05, 3.63) is 255 Å². The second kappa shape index (κ2) is 17.5. The third-order valence-corrected chi connectivity index (χ3v) is 19.8. The second-order valence-electron chi connectivity index (χ2n) is 19.5. The minimum Gasteiger partial charge on any atom is -0.310 e. The van der Waals surface area contributed by atoms with E-state index in [1.807, 2.05) is 45.3 Å². The highest BCUT2D eigenvalue weighted by Crippen LogP contribution is 2.53. The zero-order valence-corrected chi connectivity index (χ0v) is 44.0. The number of benzene rings is 12. The van der Waals surface area contributed by atoms with Crippen LogP contribution in [0.1, 0.15) is 0 Å². The van der Waals surface area contributed by atoms with Crippen molar-refractivity contribution < 1.29 is 0 Å². The molecule has 0 saturated carbocycles. The summed E-state index contributed by atoms with van der Waals surface area (Å²) in [4.78, 5) is 4.85. The summed E-state index contributed by atoms with van der Waals surface area (Å²) in [5.74, 6) is 0. The smallest absolute Gasteiger partial charge is 0.0476 e. The highest BCUT2D eigenvalue weighted by atomic mass is 32.1. The van der Waals surface area contributed by atoms with Crippen LogP contribution in [0, 0.1) is 0 Å². The summed E-state index contributed by atoms with van der Waals surface area (Å²) in [6.07, 6.45) is 0. The molecule has 6 heteroatoms. The SMILES string of the molecule is c1ccc(-c2cc3c4ccc(N(c5ccccc5)c5ccc6c(c5)sc5ccccc56)cc4sc3c3c(-c4ccccc4)cc4c5ccc(N(c6ccccc6)c6ccc7c(c6)sc6ccccc67)cc5sc4c23)cc1. The molecule has 0 unspecified atom stereocenters. The second-order valence-corrected chi connectivity index (χ2v) is 23.8. The summed E-state index contributed by atoms with van der Waals surface area (Å²) in [5.41, 5.74) is 11.8. The van der Waals surface area contributed by atoms with Gasteiger partial charge in [-0.1, -0.05) is 158 Å². The van der Waals surface area contributed by atoms with Gasteiger partial charge in [0, 0.05) is 126 Å². The van der Waals surface area contributed by atoms with Crippen LogP contribution in [0.25, 0.3) is 114 Å². The fraction of sp³-hybridized carbons (Fsp3) is 0. The molecule has 12 aromatic carbocycles. The summed E-state index contributed by atoms with van der Waals surface area (Å²) < 4.78 is 10.4. The monoisotopic (exact) mass is 1040 g/mol. The van der Waals surface area contributed by atoms with Crippen molar-refractivity contribution in [2.75, 3.05) is 9.80 Å². The molecule has 0 saturated heterocycles. The topological polar surface area (TPSA) is 6.48 Å². The zero-order chi connectivity index (χ0) is 49.8. The number of fused-ring (bicyclic) bond motifs is 15. The van der Waals surface area contributed by atoms with Gasteiger partial charge in [-0.05, 0) is 119 Å². The number of thiophene rings is 4. The van der Waals surface area contributed by atoms with E-state index in [2.05, 4.69) is 265 Å². The molecule has 0 N–H and O–H groups in total. The normalized spacial score (nSPS) is 11.9. The third-order valence-electron chi connectivity index (χ3n) is 15.2. The zero-order valence-electron chi connectivity index (χ0n) is 40.8. The maximum Gasteiger partial charge on any atom is 0.0476 e. The molecule has 76 heavy (non-hydrogen) atoms. The molecule has 0 aliphatic carbocycles. The molecule has 4 aromatic heterocycles. The first kappa shape index (κ1) is 43.7. The number of anilines is 6. The molecule has 0 atom stereocenters. The Hall–Kier alpha value is -8.62. The van der Waals surface area contributed by atoms with E-state index in [0.717, 1.165) is 34.1 Å². The molecule has 16 aromatic rings. The van der Waals surface area contributed by atoms with Crippen molar-refractivity contribution >= 4 is 171 Å². The third kappa shape index (κ3) is 6.96. The number of hydrogen-bond donors (Lipinski definition) is 0. The summed E-state index contributed by atoms with van der Waals surface area (Å²) in [7, 11) is 0. The molecular formula is C70H42N2S4. The van der Waals surface area contributed by atoms with Crippen LogP contribution in [0.4, 0.5) is 34.1 Å².